The summed E-state index contributed by atoms with van der Waals surface area (Å²) in [6, 6.07) is 14.1. The second kappa shape index (κ2) is 7.72. The van der Waals surface area contributed by atoms with Gasteiger partial charge in [0.15, 0.2) is 0 Å². The van der Waals surface area contributed by atoms with Crippen LogP contribution < -0.4 is 10.6 Å². The first-order valence-electron chi connectivity index (χ1n) is 7.80. The summed E-state index contributed by atoms with van der Waals surface area (Å²) in [6.45, 7) is 1.89. The van der Waals surface area contributed by atoms with Crippen LogP contribution in [0.5, 0.6) is 0 Å². The summed E-state index contributed by atoms with van der Waals surface area (Å²) in [5, 5.41) is 7.57. The summed E-state index contributed by atoms with van der Waals surface area (Å²) in [6.07, 6.45) is 3.41. The quantitative estimate of drug-likeness (QED) is 0.733. The van der Waals surface area contributed by atoms with Gasteiger partial charge in [0.2, 0.25) is 0 Å². The molecular formula is C19H17N3O2S. The predicted molar refractivity (Wildman–Crippen MR) is 98.8 cm³/mol. The Labute approximate surface area is 149 Å². The van der Waals surface area contributed by atoms with E-state index in [0.29, 0.717) is 16.1 Å². The number of benzene rings is 1. The van der Waals surface area contributed by atoms with E-state index < -0.39 is 0 Å². The molecule has 0 radical (unpaired) electrons. The Morgan fingerprint density at radius 2 is 1.88 bits per heavy atom. The molecular weight excluding hydrogens is 334 g/mol. The lowest BCUT2D eigenvalue weighted by Crippen LogP contribution is -2.28. The van der Waals surface area contributed by atoms with Gasteiger partial charge < -0.3 is 10.6 Å². The van der Waals surface area contributed by atoms with Crippen molar-refractivity contribution in [3.05, 3.63) is 82.3 Å². The molecule has 0 saturated carbocycles. The number of carbonyl (C=O) groups is 2. The molecule has 3 rings (SSSR count). The van der Waals surface area contributed by atoms with Crippen LogP contribution in [0.25, 0.3) is 0 Å². The van der Waals surface area contributed by atoms with Crippen molar-refractivity contribution in [2.24, 2.45) is 0 Å². The van der Waals surface area contributed by atoms with Crippen LogP contribution in [-0.4, -0.2) is 16.8 Å². The predicted octanol–water partition coefficient (Wildman–Crippen LogP) is 3.89. The summed E-state index contributed by atoms with van der Waals surface area (Å²) in [5.41, 5.74) is 1.82. The zero-order chi connectivity index (χ0) is 17.6. The number of rotatable bonds is 5. The van der Waals surface area contributed by atoms with Gasteiger partial charge in [0.25, 0.3) is 11.8 Å². The van der Waals surface area contributed by atoms with Gasteiger partial charge in [-0.3, -0.25) is 14.6 Å². The van der Waals surface area contributed by atoms with Crippen molar-refractivity contribution in [2.75, 3.05) is 5.32 Å². The molecule has 2 aromatic heterocycles. The van der Waals surface area contributed by atoms with Crippen LogP contribution in [0.3, 0.4) is 0 Å². The van der Waals surface area contributed by atoms with E-state index in [0.717, 1.165) is 5.56 Å². The minimum absolute atomic E-state index is 0.192. The smallest absolute Gasteiger partial charge is 0.265 e. The third kappa shape index (κ3) is 4.10. The van der Waals surface area contributed by atoms with Gasteiger partial charge in [-0.05, 0) is 42.1 Å². The normalized spacial score (nSPS) is 11.6. The molecule has 1 aromatic carbocycles. The molecule has 25 heavy (non-hydrogen) atoms. The molecule has 6 heteroatoms. The fourth-order valence-corrected chi connectivity index (χ4v) is 2.99. The molecule has 0 bridgehead atoms. The van der Waals surface area contributed by atoms with E-state index >= 15 is 0 Å². The third-order valence-corrected chi connectivity index (χ3v) is 4.57. The SMILES string of the molecule is CC(NC(=O)c1ccccc1NC(=O)c1cccs1)c1cccnc1. The largest absolute Gasteiger partial charge is 0.345 e. The molecule has 0 aliphatic heterocycles. The van der Waals surface area contributed by atoms with Gasteiger partial charge in [-0.15, -0.1) is 11.3 Å². The summed E-state index contributed by atoms with van der Waals surface area (Å²) >= 11 is 1.35. The molecule has 3 aromatic rings. The maximum atomic E-state index is 12.6. The minimum atomic E-state index is -0.251. The van der Waals surface area contributed by atoms with Gasteiger partial charge in [0.1, 0.15) is 0 Å². The highest BCUT2D eigenvalue weighted by molar-refractivity contribution is 7.12. The summed E-state index contributed by atoms with van der Waals surface area (Å²) in [5.74, 6) is -0.478. The number of amides is 2. The Bertz CT molecular complexity index is 863. The van der Waals surface area contributed by atoms with Crippen molar-refractivity contribution in [3.63, 3.8) is 0 Å². The van der Waals surface area contributed by atoms with Gasteiger partial charge in [-0.2, -0.15) is 0 Å². The molecule has 2 N–H and O–H groups in total. The number of carbonyl (C=O) groups excluding carboxylic acids is 2. The Kier molecular flexibility index (Phi) is 5.20. The van der Waals surface area contributed by atoms with E-state index in [2.05, 4.69) is 15.6 Å². The average Bonchev–Trinajstić information content (AvgIpc) is 3.17. The highest BCUT2D eigenvalue weighted by Gasteiger charge is 2.16. The van der Waals surface area contributed by atoms with Crippen LogP contribution in [0.2, 0.25) is 0 Å². The van der Waals surface area contributed by atoms with Crippen LogP contribution >= 0.6 is 11.3 Å². The molecule has 2 heterocycles. The number of nitrogens with one attached hydrogen (secondary N) is 2. The minimum Gasteiger partial charge on any atom is -0.345 e. The van der Waals surface area contributed by atoms with Crippen LogP contribution in [0.1, 0.15) is 38.6 Å². The first kappa shape index (κ1) is 16.9. The summed E-state index contributed by atoms with van der Waals surface area (Å²) in [4.78, 5) is 29.6. The molecule has 0 aliphatic rings. The molecule has 0 aliphatic carbocycles. The van der Waals surface area contributed by atoms with Crippen molar-refractivity contribution < 1.29 is 9.59 Å². The van der Waals surface area contributed by atoms with Crippen molar-refractivity contribution in [2.45, 2.75) is 13.0 Å². The molecule has 0 saturated heterocycles. The Morgan fingerprint density at radius 3 is 2.60 bits per heavy atom. The van der Waals surface area contributed by atoms with Crippen molar-refractivity contribution in [1.29, 1.82) is 0 Å². The van der Waals surface area contributed by atoms with Gasteiger partial charge >= 0.3 is 0 Å². The second-order valence-electron chi connectivity index (χ2n) is 5.46. The van der Waals surface area contributed by atoms with Crippen LogP contribution in [0.4, 0.5) is 5.69 Å². The van der Waals surface area contributed by atoms with Gasteiger partial charge in [-0.1, -0.05) is 24.3 Å². The van der Waals surface area contributed by atoms with E-state index in [9.17, 15) is 9.59 Å². The fraction of sp³-hybridized carbons (Fsp3) is 0.105. The molecule has 0 fully saturated rings. The van der Waals surface area contributed by atoms with Crippen molar-refractivity contribution >= 4 is 28.8 Å². The fourth-order valence-electron chi connectivity index (χ4n) is 2.37. The number of hydrogen-bond acceptors (Lipinski definition) is 4. The van der Waals surface area contributed by atoms with E-state index in [1.54, 1.807) is 42.7 Å². The summed E-state index contributed by atoms with van der Waals surface area (Å²) in [7, 11) is 0. The maximum Gasteiger partial charge on any atom is 0.265 e. The molecule has 1 unspecified atom stereocenters. The zero-order valence-electron chi connectivity index (χ0n) is 13.6. The number of pyridine rings is 1. The topological polar surface area (TPSA) is 71.1 Å². The lowest BCUT2D eigenvalue weighted by Gasteiger charge is -2.16. The average molecular weight is 351 g/mol. The third-order valence-electron chi connectivity index (χ3n) is 3.70. The molecule has 0 spiro atoms. The lowest BCUT2D eigenvalue weighted by molar-refractivity contribution is 0.0940. The number of hydrogen-bond donors (Lipinski definition) is 2. The zero-order valence-corrected chi connectivity index (χ0v) is 14.4. The van der Waals surface area contributed by atoms with E-state index in [1.165, 1.54) is 11.3 Å². The van der Waals surface area contributed by atoms with Gasteiger partial charge in [-0.25, -0.2) is 0 Å². The first-order chi connectivity index (χ1) is 12.1. The van der Waals surface area contributed by atoms with Crippen LogP contribution in [0, 0.1) is 0 Å². The van der Waals surface area contributed by atoms with Crippen LogP contribution in [0.15, 0.2) is 66.3 Å². The van der Waals surface area contributed by atoms with E-state index in [4.69, 9.17) is 0 Å². The van der Waals surface area contributed by atoms with Crippen LogP contribution in [-0.2, 0) is 0 Å². The number of nitrogens with zero attached hydrogens (tertiary/aromatic N) is 1. The maximum absolute atomic E-state index is 12.6. The highest BCUT2D eigenvalue weighted by Crippen LogP contribution is 2.19. The number of para-hydroxylation sites is 1. The molecule has 5 nitrogen and oxygen atoms in total. The Balaban J connectivity index is 1.76. The van der Waals surface area contributed by atoms with Gasteiger partial charge in [0, 0.05) is 12.4 Å². The van der Waals surface area contributed by atoms with Crippen molar-refractivity contribution in [3.8, 4) is 0 Å². The lowest BCUT2D eigenvalue weighted by atomic mass is 10.1. The first-order valence-corrected chi connectivity index (χ1v) is 8.68. The van der Waals surface area contributed by atoms with Gasteiger partial charge in [0.05, 0.1) is 22.2 Å². The summed E-state index contributed by atoms with van der Waals surface area (Å²) < 4.78 is 0. The molecule has 2 amide bonds. The Morgan fingerprint density at radius 1 is 1.04 bits per heavy atom. The van der Waals surface area contributed by atoms with E-state index in [-0.39, 0.29) is 17.9 Å². The van der Waals surface area contributed by atoms with E-state index in [1.807, 2.05) is 30.5 Å². The number of anilines is 1. The van der Waals surface area contributed by atoms with Crippen molar-refractivity contribution in [1.82, 2.24) is 10.3 Å². The number of aromatic nitrogens is 1. The molecule has 126 valence electrons. The molecule has 1 atom stereocenters. The standard InChI is InChI=1S/C19H17N3O2S/c1-13(14-6-4-10-20-12-14)21-18(23)15-7-2-3-8-16(15)22-19(24)17-9-5-11-25-17/h2-13H,1H3,(H,21,23)(H,22,24). The Hall–Kier alpha value is -2.99. The second-order valence-corrected chi connectivity index (χ2v) is 6.41. The number of thiophene rings is 1. The highest BCUT2D eigenvalue weighted by atomic mass is 32.1. The monoisotopic (exact) mass is 351 g/mol.